The quantitative estimate of drug-likeness (QED) is 0.855. The van der Waals surface area contributed by atoms with Crippen molar-refractivity contribution in [1.82, 2.24) is 20.1 Å². The van der Waals surface area contributed by atoms with Crippen LogP contribution in [-0.2, 0) is 6.54 Å². The largest absolute Gasteiger partial charge is 0.314 e. The van der Waals surface area contributed by atoms with E-state index in [0.29, 0.717) is 0 Å². The summed E-state index contributed by atoms with van der Waals surface area (Å²) < 4.78 is 0. The molecule has 2 aliphatic heterocycles. The standard InChI is InChI=1S/C12H20N4S/c1-4-15(7-11-9-17-10-14-11)8-12(1)16-5-2-13-3-6-16/h9-10,12-13H,1-8H2. The summed E-state index contributed by atoms with van der Waals surface area (Å²) in [7, 11) is 0. The zero-order chi connectivity index (χ0) is 11.5. The summed E-state index contributed by atoms with van der Waals surface area (Å²) in [5.41, 5.74) is 3.16. The highest BCUT2D eigenvalue weighted by Crippen LogP contribution is 2.18. The molecule has 0 spiro atoms. The second-order valence-corrected chi connectivity index (χ2v) is 5.66. The summed E-state index contributed by atoms with van der Waals surface area (Å²) >= 11 is 1.70. The first-order chi connectivity index (χ1) is 8.42. The smallest absolute Gasteiger partial charge is 0.0795 e. The molecule has 1 unspecified atom stereocenters. The van der Waals surface area contributed by atoms with Crippen LogP contribution in [0.3, 0.4) is 0 Å². The highest BCUT2D eigenvalue weighted by Gasteiger charge is 2.28. The van der Waals surface area contributed by atoms with E-state index in [-0.39, 0.29) is 0 Å². The van der Waals surface area contributed by atoms with Crippen LogP contribution >= 0.6 is 11.3 Å². The molecule has 4 nitrogen and oxygen atoms in total. The third-order valence-corrected chi connectivity index (χ3v) is 4.42. The van der Waals surface area contributed by atoms with Gasteiger partial charge in [0, 0.05) is 57.2 Å². The van der Waals surface area contributed by atoms with E-state index in [4.69, 9.17) is 0 Å². The lowest BCUT2D eigenvalue weighted by Crippen LogP contribution is -2.49. The van der Waals surface area contributed by atoms with Gasteiger partial charge < -0.3 is 5.32 Å². The van der Waals surface area contributed by atoms with Gasteiger partial charge in [-0.15, -0.1) is 11.3 Å². The average molecular weight is 252 g/mol. The number of aromatic nitrogens is 1. The minimum atomic E-state index is 0.774. The van der Waals surface area contributed by atoms with Gasteiger partial charge in [-0.05, 0) is 6.42 Å². The number of nitrogens with one attached hydrogen (secondary N) is 1. The van der Waals surface area contributed by atoms with E-state index in [2.05, 4.69) is 25.5 Å². The molecule has 1 aromatic heterocycles. The molecular formula is C12H20N4S. The van der Waals surface area contributed by atoms with Crippen molar-refractivity contribution in [3.05, 3.63) is 16.6 Å². The van der Waals surface area contributed by atoms with Crippen LogP contribution in [-0.4, -0.2) is 60.1 Å². The van der Waals surface area contributed by atoms with E-state index in [9.17, 15) is 0 Å². The Bertz CT molecular complexity index is 334. The van der Waals surface area contributed by atoms with E-state index >= 15 is 0 Å². The van der Waals surface area contributed by atoms with Crippen molar-refractivity contribution < 1.29 is 0 Å². The van der Waals surface area contributed by atoms with Crippen molar-refractivity contribution in [2.24, 2.45) is 0 Å². The van der Waals surface area contributed by atoms with Gasteiger partial charge in [-0.2, -0.15) is 0 Å². The van der Waals surface area contributed by atoms with Crippen molar-refractivity contribution in [3.63, 3.8) is 0 Å². The SMILES string of the molecule is c1nc(CN2CCC(N3CCNCC3)C2)cs1. The van der Waals surface area contributed by atoms with Crippen LogP contribution in [0.5, 0.6) is 0 Å². The fourth-order valence-electron chi connectivity index (χ4n) is 2.85. The zero-order valence-corrected chi connectivity index (χ0v) is 11.0. The van der Waals surface area contributed by atoms with Crippen molar-refractivity contribution in [1.29, 1.82) is 0 Å². The Morgan fingerprint density at radius 1 is 1.35 bits per heavy atom. The molecule has 1 atom stereocenters. The summed E-state index contributed by atoms with van der Waals surface area (Å²) in [5, 5.41) is 5.59. The lowest BCUT2D eigenvalue weighted by Gasteiger charge is -2.32. The van der Waals surface area contributed by atoms with Crippen LogP contribution in [0.1, 0.15) is 12.1 Å². The molecule has 2 aliphatic rings. The van der Waals surface area contributed by atoms with Gasteiger partial charge in [0.15, 0.2) is 0 Å². The first-order valence-electron chi connectivity index (χ1n) is 6.46. The van der Waals surface area contributed by atoms with Gasteiger partial charge in [0.25, 0.3) is 0 Å². The maximum absolute atomic E-state index is 4.37. The van der Waals surface area contributed by atoms with Crippen molar-refractivity contribution in [2.75, 3.05) is 39.3 Å². The first kappa shape index (κ1) is 11.6. The van der Waals surface area contributed by atoms with Gasteiger partial charge in [-0.3, -0.25) is 9.80 Å². The van der Waals surface area contributed by atoms with E-state index in [1.807, 2.05) is 5.51 Å². The van der Waals surface area contributed by atoms with E-state index < -0.39 is 0 Å². The molecule has 0 saturated carbocycles. The number of rotatable bonds is 3. The molecule has 94 valence electrons. The molecule has 2 fully saturated rings. The average Bonchev–Trinajstić information content (AvgIpc) is 3.02. The monoisotopic (exact) mass is 252 g/mol. The maximum Gasteiger partial charge on any atom is 0.0795 e. The molecule has 5 heteroatoms. The predicted octanol–water partition coefficient (Wildman–Crippen LogP) is 0.623. The van der Waals surface area contributed by atoms with Crippen LogP contribution < -0.4 is 5.32 Å². The molecular weight excluding hydrogens is 232 g/mol. The topological polar surface area (TPSA) is 31.4 Å². The molecule has 2 saturated heterocycles. The van der Waals surface area contributed by atoms with Gasteiger partial charge in [0.05, 0.1) is 11.2 Å². The zero-order valence-electron chi connectivity index (χ0n) is 10.1. The Balaban J connectivity index is 1.51. The number of likely N-dealkylation sites (tertiary alicyclic amines) is 1. The number of hydrogen-bond donors (Lipinski definition) is 1. The summed E-state index contributed by atoms with van der Waals surface area (Å²) in [6.07, 6.45) is 1.32. The molecule has 3 rings (SSSR count). The predicted molar refractivity (Wildman–Crippen MR) is 70.2 cm³/mol. The summed E-state index contributed by atoms with van der Waals surface area (Å²) in [6, 6.07) is 0.774. The van der Waals surface area contributed by atoms with Gasteiger partial charge in [-0.25, -0.2) is 4.98 Å². The molecule has 0 bridgehead atoms. The van der Waals surface area contributed by atoms with Gasteiger partial charge in [0.2, 0.25) is 0 Å². The van der Waals surface area contributed by atoms with Gasteiger partial charge >= 0.3 is 0 Å². The Morgan fingerprint density at radius 2 is 2.24 bits per heavy atom. The third-order valence-electron chi connectivity index (χ3n) is 3.78. The van der Waals surface area contributed by atoms with Gasteiger partial charge in [0.1, 0.15) is 0 Å². The number of hydrogen-bond acceptors (Lipinski definition) is 5. The Kier molecular flexibility index (Phi) is 3.71. The number of thiazole rings is 1. The molecule has 0 aliphatic carbocycles. The van der Waals surface area contributed by atoms with E-state index in [0.717, 1.165) is 25.7 Å². The van der Waals surface area contributed by atoms with E-state index in [1.165, 1.54) is 38.3 Å². The third kappa shape index (κ3) is 2.85. The fraction of sp³-hybridized carbons (Fsp3) is 0.750. The maximum atomic E-state index is 4.37. The number of nitrogens with zero attached hydrogens (tertiary/aromatic N) is 3. The van der Waals surface area contributed by atoms with Crippen molar-refractivity contribution in [3.8, 4) is 0 Å². The highest BCUT2D eigenvalue weighted by atomic mass is 32.1. The highest BCUT2D eigenvalue weighted by molar-refractivity contribution is 7.07. The van der Waals surface area contributed by atoms with Crippen molar-refractivity contribution >= 4 is 11.3 Å². The fourth-order valence-corrected chi connectivity index (χ4v) is 3.40. The second kappa shape index (κ2) is 5.44. The van der Waals surface area contributed by atoms with Crippen LogP contribution in [0.2, 0.25) is 0 Å². The molecule has 1 N–H and O–H groups in total. The molecule has 1 aromatic rings. The summed E-state index contributed by atoms with van der Waals surface area (Å²) in [6.45, 7) is 8.23. The second-order valence-electron chi connectivity index (χ2n) is 4.94. The summed E-state index contributed by atoms with van der Waals surface area (Å²) in [5.74, 6) is 0. The Morgan fingerprint density at radius 3 is 3.00 bits per heavy atom. The molecule has 17 heavy (non-hydrogen) atoms. The van der Waals surface area contributed by atoms with Crippen LogP contribution in [0.25, 0.3) is 0 Å². The molecule has 0 amide bonds. The molecule has 0 aromatic carbocycles. The minimum Gasteiger partial charge on any atom is -0.314 e. The lowest BCUT2D eigenvalue weighted by atomic mass is 10.2. The number of piperazine rings is 1. The van der Waals surface area contributed by atoms with Crippen molar-refractivity contribution in [2.45, 2.75) is 19.0 Å². The normalized spacial score (nSPS) is 27.6. The van der Waals surface area contributed by atoms with E-state index in [1.54, 1.807) is 11.3 Å². The van der Waals surface area contributed by atoms with Crippen LogP contribution in [0.15, 0.2) is 10.9 Å². The van der Waals surface area contributed by atoms with Crippen LogP contribution in [0, 0.1) is 0 Å². The lowest BCUT2D eigenvalue weighted by molar-refractivity contribution is 0.170. The van der Waals surface area contributed by atoms with Crippen LogP contribution in [0.4, 0.5) is 0 Å². The Labute approximate surface area is 107 Å². The molecule has 0 radical (unpaired) electrons. The van der Waals surface area contributed by atoms with Gasteiger partial charge in [-0.1, -0.05) is 0 Å². The molecule has 3 heterocycles. The summed E-state index contributed by atoms with van der Waals surface area (Å²) in [4.78, 5) is 9.56. The Hall–Kier alpha value is -0.490. The first-order valence-corrected chi connectivity index (χ1v) is 7.40. The minimum absolute atomic E-state index is 0.774.